The minimum Gasteiger partial charge on any atom is -0.329 e. The number of fused-ring (bicyclic) bond motifs is 1. The Morgan fingerprint density at radius 2 is 1.95 bits per heavy atom. The van der Waals surface area contributed by atoms with Crippen molar-refractivity contribution in [1.29, 1.82) is 0 Å². The smallest absolute Gasteiger partial charge is 0.0702 e. The molecule has 0 amide bonds. The van der Waals surface area contributed by atoms with Crippen LogP contribution in [-0.4, -0.2) is 55.6 Å². The van der Waals surface area contributed by atoms with Gasteiger partial charge in [0, 0.05) is 37.3 Å². The van der Waals surface area contributed by atoms with Crippen molar-refractivity contribution in [2.24, 2.45) is 5.73 Å². The lowest BCUT2D eigenvalue weighted by molar-refractivity contribution is 0.223. The molecule has 0 spiro atoms. The highest BCUT2D eigenvalue weighted by molar-refractivity contribution is 5.79. The van der Waals surface area contributed by atoms with Gasteiger partial charge in [0.2, 0.25) is 0 Å². The summed E-state index contributed by atoms with van der Waals surface area (Å²) in [5.74, 6) is 0. The van der Waals surface area contributed by atoms with E-state index < -0.39 is 0 Å². The third kappa shape index (κ3) is 3.54. The van der Waals surface area contributed by atoms with Crippen LogP contribution in [0.5, 0.6) is 0 Å². The Balaban J connectivity index is 2.20. The van der Waals surface area contributed by atoms with E-state index in [9.17, 15) is 0 Å². The molecule has 0 aliphatic rings. The number of hydrogen-bond donors (Lipinski definition) is 1. The molecule has 1 atom stereocenters. The Morgan fingerprint density at radius 1 is 1.15 bits per heavy atom. The third-order valence-electron chi connectivity index (χ3n) is 3.67. The summed E-state index contributed by atoms with van der Waals surface area (Å²) < 4.78 is 0. The van der Waals surface area contributed by atoms with Gasteiger partial charge in [-0.3, -0.25) is 9.88 Å². The summed E-state index contributed by atoms with van der Waals surface area (Å²) in [6.45, 7) is 2.65. The topological polar surface area (TPSA) is 45.4 Å². The van der Waals surface area contributed by atoms with Crippen LogP contribution in [0, 0.1) is 0 Å². The molecule has 2 N–H and O–H groups in total. The molecule has 1 unspecified atom stereocenters. The van der Waals surface area contributed by atoms with Gasteiger partial charge in [0.05, 0.1) is 5.52 Å². The molecule has 0 bridgehead atoms. The van der Waals surface area contributed by atoms with E-state index in [0.717, 1.165) is 18.6 Å². The Bertz CT molecular complexity index is 553. The zero-order valence-corrected chi connectivity index (χ0v) is 12.6. The maximum Gasteiger partial charge on any atom is 0.0702 e. The SMILES string of the molecule is CN(C)CCN(C)C(CN)c1ccc2ncccc2c1. The molecule has 4 nitrogen and oxygen atoms in total. The van der Waals surface area contributed by atoms with Crippen molar-refractivity contribution in [1.82, 2.24) is 14.8 Å². The molecule has 4 heteroatoms. The average Bonchev–Trinajstić information content (AvgIpc) is 2.45. The van der Waals surface area contributed by atoms with Gasteiger partial charge in [-0.05, 0) is 44.9 Å². The van der Waals surface area contributed by atoms with Crippen molar-refractivity contribution in [3.63, 3.8) is 0 Å². The zero-order chi connectivity index (χ0) is 14.5. The van der Waals surface area contributed by atoms with Gasteiger partial charge in [-0.1, -0.05) is 12.1 Å². The Morgan fingerprint density at radius 3 is 2.65 bits per heavy atom. The molecule has 0 saturated heterocycles. The van der Waals surface area contributed by atoms with Crippen LogP contribution in [0.4, 0.5) is 0 Å². The highest BCUT2D eigenvalue weighted by Gasteiger charge is 2.15. The van der Waals surface area contributed by atoms with Crippen LogP contribution in [-0.2, 0) is 0 Å². The number of rotatable bonds is 6. The average molecular weight is 272 g/mol. The summed E-state index contributed by atoms with van der Waals surface area (Å²) in [4.78, 5) is 8.87. The first-order valence-electron chi connectivity index (χ1n) is 7.01. The second-order valence-corrected chi connectivity index (χ2v) is 5.49. The van der Waals surface area contributed by atoms with Gasteiger partial charge < -0.3 is 10.6 Å². The van der Waals surface area contributed by atoms with Crippen LogP contribution < -0.4 is 5.73 Å². The second kappa shape index (κ2) is 6.79. The predicted octanol–water partition coefficient (Wildman–Crippen LogP) is 1.73. The quantitative estimate of drug-likeness (QED) is 0.870. The first kappa shape index (κ1) is 14.9. The third-order valence-corrected chi connectivity index (χ3v) is 3.67. The molecule has 2 aromatic rings. The van der Waals surface area contributed by atoms with Crippen molar-refractivity contribution < 1.29 is 0 Å². The minimum atomic E-state index is 0.250. The molecular weight excluding hydrogens is 248 g/mol. The summed E-state index contributed by atoms with van der Waals surface area (Å²) in [5.41, 5.74) is 8.27. The van der Waals surface area contributed by atoms with Gasteiger partial charge >= 0.3 is 0 Å². The fourth-order valence-corrected chi connectivity index (χ4v) is 2.39. The monoisotopic (exact) mass is 272 g/mol. The van der Waals surface area contributed by atoms with Crippen molar-refractivity contribution in [3.8, 4) is 0 Å². The Kier molecular flexibility index (Phi) is 5.06. The molecule has 0 aliphatic carbocycles. The molecule has 0 saturated carbocycles. The van der Waals surface area contributed by atoms with Gasteiger partial charge in [-0.15, -0.1) is 0 Å². The number of likely N-dealkylation sites (N-methyl/N-ethyl adjacent to an activating group) is 2. The number of nitrogens with zero attached hydrogens (tertiary/aromatic N) is 3. The molecule has 20 heavy (non-hydrogen) atoms. The molecule has 1 aromatic heterocycles. The van der Waals surface area contributed by atoms with E-state index >= 15 is 0 Å². The van der Waals surface area contributed by atoms with Crippen LogP contribution in [0.1, 0.15) is 11.6 Å². The van der Waals surface area contributed by atoms with Crippen LogP contribution in [0.3, 0.4) is 0 Å². The number of pyridine rings is 1. The molecule has 0 radical (unpaired) electrons. The first-order chi connectivity index (χ1) is 9.61. The van der Waals surface area contributed by atoms with Gasteiger partial charge in [-0.25, -0.2) is 0 Å². The lowest BCUT2D eigenvalue weighted by Gasteiger charge is -2.28. The molecule has 108 valence electrons. The van der Waals surface area contributed by atoms with E-state index in [2.05, 4.69) is 60.2 Å². The number of nitrogens with two attached hydrogens (primary N) is 1. The Labute approximate surface area is 121 Å². The predicted molar refractivity (Wildman–Crippen MR) is 84.7 cm³/mol. The summed E-state index contributed by atoms with van der Waals surface area (Å²) in [5, 5.41) is 1.17. The van der Waals surface area contributed by atoms with Gasteiger partial charge in [0.1, 0.15) is 0 Å². The summed E-state index contributed by atoms with van der Waals surface area (Å²) >= 11 is 0. The van der Waals surface area contributed by atoms with Crippen LogP contribution in [0.2, 0.25) is 0 Å². The highest BCUT2D eigenvalue weighted by Crippen LogP contribution is 2.22. The minimum absolute atomic E-state index is 0.250. The zero-order valence-electron chi connectivity index (χ0n) is 12.6. The summed E-state index contributed by atoms with van der Waals surface area (Å²) in [7, 11) is 6.31. The fraction of sp³-hybridized carbons (Fsp3) is 0.438. The molecule has 1 heterocycles. The molecule has 1 aromatic carbocycles. The lowest BCUT2D eigenvalue weighted by atomic mass is 10.0. The first-order valence-corrected chi connectivity index (χ1v) is 7.01. The maximum absolute atomic E-state index is 5.99. The van der Waals surface area contributed by atoms with E-state index in [1.165, 1.54) is 10.9 Å². The number of hydrogen-bond acceptors (Lipinski definition) is 4. The van der Waals surface area contributed by atoms with Gasteiger partial charge in [-0.2, -0.15) is 0 Å². The van der Waals surface area contributed by atoms with E-state index in [1.54, 1.807) is 0 Å². The van der Waals surface area contributed by atoms with Gasteiger partial charge in [0.25, 0.3) is 0 Å². The van der Waals surface area contributed by atoms with Crippen LogP contribution in [0.25, 0.3) is 10.9 Å². The van der Waals surface area contributed by atoms with Crippen molar-refractivity contribution in [2.75, 3.05) is 40.8 Å². The second-order valence-electron chi connectivity index (χ2n) is 5.49. The van der Waals surface area contributed by atoms with Gasteiger partial charge in [0.15, 0.2) is 0 Å². The molecule has 0 fully saturated rings. The van der Waals surface area contributed by atoms with Crippen molar-refractivity contribution in [3.05, 3.63) is 42.1 Å². The standard InChI is InChI=1S/C16H24N4/c1-19(2)9-10-20(3)16(12-17)14-6-7-15-13(11-14)5-4-8-18-15/h4-8,11,16H,9-10,12,17H2,1-3H3. The maximum atomic E-state index is 5.99. The normalized spacial score (nSPS) is 13.3. The van der Waals surface area contributed by atoms with E-state index in [0.29, 0.717) is 6.54 Å². The molecule has 0 aliphatic heterocycles. The number of aromatic nitrogens is 1. The highest BCUT2D eigenvalue weighted by atomic mass is 15.2. The summed E-state index contributed by atoms with van der Waals surface area (Å²) in [6.07, 6.45) is 1.83. The summed E-state index contributed by atoms with van der Waals surface area (Å²) in [6, 6.07) is 10.7. The van der Waals surface area contributed by atoms with E-state index in [4.69, 9.17) is 5.73 Å². The van der Waals surface area contributed by atoms with E-state index in [1.807, 2.05) is 12.3 Å². The lowest BCUT2D eigenvalue weighted by Crippen LogP contribution is -2.35. The van der Waals surface area contributed by atoms with E-state index in [-0.39, 0.29) is 6.04 Å². The van der Waals surface area contributed by atoms with Crippen molar-refractivity contribution >= 4 is 10.9 Å². The van der Waals surface area contributed by atoms with Crippen molar-refractivity contribution in [2.45, 2.75) is 6.04 Å². The largest absolute Gasteiger partial charge is 0.329 e. The molecular formula is C16H24N4. The molecule has 2 rings (SSSR count). The fourth-order valence-electron chi connectivity index (χ4n) is 2.39. The Hall–Kier alpha value is -1.49. The van der Waals surface area contributed by atoms with Crippen LogP contribution in [0.15, 0.2) is 36.5 Å². The number of benzene rings is 1. The van der Waals surface area contributed by atoms with Crippen LogP contribution >= 0.6 is 0 Å².